The third-order valence-electron chi connectivity index (χ3n) is 3.93. The number of hydrogen-bond donors (Lipinski definition) is 2. The molecule has 1 heterocycles. The lowest BCUT2D eigenvalue weighted by Crippen LogP contribution is -2.13. The van der Waals surface area contributed by atoms with Crippen molar-refractivity contribution in [2.75, 3.05) is 10.6 Å². The van der Waals surface area contributed by atoms with E-state index < -0.39 is 0 Å². The number of carbonyl (C=O) groups excluding carboxylic acids is 2. The number of rotatable bonds is 7. The zero-order valence-electron chi connectivity index (χ0n) is 16.4. The topological polar surface area (TPSA) is 80.3 Å². The molecule has 30 heavy (non-hydrogen) atoms. The van der Waals surface area contributed by atoms with E-state index in [-0.39, 0.29) is 11.8 Å². The van der Waals surface area contributed by atoms with E-state index in [1.165, 1.54) is 13.0 Å². The number of para-hydroxylation sites is 1. The second kappa shape index (κ2) is 10.0. The van der Waals surface area contributed by atoms with Crippen molar-refractivity contribution < 1.29 is 14.3 Å². The molecule has 0 radical (unpaired) electrons. The van der Waals surface area contributed by atoms with Crippen molar-refractivity contribution in [3.8, 4) is 5.75 Å². The summed E-state index contributed by atoms with van der Waals surface area (Å²) in [6, 6.07) is 12.3. The van der Waals surface area contributed by atoms with Crippen LogP contribution in [-0.2, 0) is 16.2 Å². The van der Waals surface area contributed by atoms with Crippen LogP contribution >= 0.6 is 22.9 Å². The van der Waals surface area contributed by atoms with Gasteiger partial charge in [-0.2, -0.15) is 0 Å². The lowest BCUT2D eigenvalue weighted by Gasteiger charge is -2.11. The van der Waals surface area contributed by atoms with Gasteiger partial charge in [0.15, 0.2) is 0 Å². The Hall–Kier alpha value is -3.16. The van der Waals surface area contributed by atoms with E-state index in [0.29, 0.717) is 28.8 Å². The molecule has 6 nitrogen and oxygen atoms in total. The summed E-state index contributed by atoms with van der Waals surface area (Å²) in [6.45, 7) is 3.69. The molecule has 2 N–H and O–H groups in total. The van der Waals surface area contributed by atoms with Crippen LogP contribution in [0.3, 0.4) is 0 Å². The molecule has 0 saturated carbocycles. The smallest absolute Gasteiger partial charge is 0.248 e. The van der Waals surface area contributed by atoms with Crippen LogP contribution in [0.25, 0.3) is 6.08 Å². The maximum atomic E-state index is 12.4. The van der Waals surface area contributed by atoms with Gasteiger partial charge in [0, 0.05) is 29.0 Å². The van der Waals surface area contributed by atoms with Gasteiger partial charge in [-0.1, -0.05) is 29.8 Å². The van der Waals surface area contributed by atoms with E-state index >= 15 is 0 Å². The molecule has 2 aromatic carbocycles. The molecule has 0 aliphatic heterocycles. The zero-order valence-corrected chi connectivity index (χ0v) is 18.0. The van der Waals surface area contributed by atoms with Crippen LogP contribution in [0.15, 0.2) is 53.9 Å². The second-order valence-corrected chi connectivity index (χ2v) is 7.88. The van der Waals surface area contributed by atoms with Gasteiger partial charge in [0.2, 0.25) is 11.8 Å². The van der Waals surface area contributed by atoms with E-state index in [9.17, 15) is 9.59 Å². The largest absolute Gasteiger partial charge is 0.487 e. The number of aryl methyl sites for hydroxylation is 1. The van der Waals surface area contributed by atoms with Gasteiger partial charge in [-0.25, -0.2) is 4.98 Å². The normalized spacial score (nSPS) is 10.8. The number of amides is 2. The van der Waals surface area contributed by atoms with Crippen molar-refractivity contribution in [3.05, 3.63) is 75.2 Å². The molecule has 0 unspecified atom stereocenters. The number of ether oxygens (including phenoxy) is 1. The molecule has 0 fully saturated rings. The van der Waals surface area contributed by atoms with E-state index in [0.717, 1.165) is 16.3 Å². The van der Waals surface area contributed by atoms with Gasteiger partial charge in [-0.3, -0.25) is 9.59 Å². The summed E-state index contributed by atoms with van der Waals surface area (Å²) in [5.74, 6) is 0.0347. The van der Waals surface area contributed by atoms with E-state index in [1.807, 2.05) is 36.6 Å². The molecule has 0 atom stereocenters. The molecule has 2 amide bonds. The summed E-state index contributed by atoms with van der Waals surface area (Å²) < 4.78 is 5.86. The molecule has 0 bridgehead atoms. The number of benzene rings is 2. The number of halogens is 1. The van der Waals surface area contributed by atoms with Gasteiger partial charge >= 0.3 is 0 Å². The molecule has 154 valence electrons. The van der Waals surface area contributed by atoms with Crippen LogP contribution in [0, 0.1) is 6.92 Å². The Bertz CT molecular complexity index is 1090. The first-order valence-electron chi connectivity index (χ1n) is 9.10. The highest BCUT2D eigenvalue weighted by molar-refractivity contribution is 7.09. The average molecular weight is 442 g/mol. The fraction of sp³-hybridized carbons (Fsp3) is 0.136. The maximum Gasteiger partial charge on any atom is 0.248 e. The van der Waals surface area contributed by atoms with E-state index in [4.69, 9.17) is 16.3 Å². The molecule has 0 saturated heterocycles. The summed E-state index contributed by atoms with van der Waals surface area (Å²) >= 11 is 7.59. The maximum absolute atomic E-state index is 12.4. The van der Waals surface area contributed by atoms with Crippen molar-refractivity contribution in [2.45, 2.75) is 20.5 Å². The second-order valence-electron chi connectivity index (χ2n) is 6.38. The summed E-state index contributed by atoms with van der Waals surface area (Å²) in [6.07, 6.45) is 3.06. The van der Waals surface area contributed by atoms with Crippen molar-refractivity contribution in [2.24, 2.45) is 0 Å². The van der Waals surface area contributed by atoms with Crippen LogP contribution in [0.1, 0.15) is 23.2 Å². The number of hydrogen-bond acceptors (Lipinski definition) is 5. The molecular formula is C22H20ClN3O3S. The van der Waals surface area contributed by atoms with Gasteiger partial charge in [-0.15, -0.1) is 11.3 Å². The fourth-order valence-electron chi connectivity index (χ4n) is 2.63. The van der Waals surface area contributed by atoms with Crippen LogP contribution in [-0.4, -0.2) is 16.8 Å². The first kappa shape index (κ1) is 21.5. The van der Waals surface area contributed by atoms with E-state index in [2.05, 4.69) is 15.6 Å². The summed E-state index contributed by atoms with van der Waals surface area (Å²) in [4.78, 5) is 28.2. The SMILES string of the molecule is CC(=O)Nc1ccc(Cl)cc1NC(=O)C=Cc1ccccc1OCc1csc(C)n1. The molecular weight excluding hydrogens is 422 g/mol. The van der Waals surface area contributed by atoms with Gasteiger partial charge in [0.05, 0.1) is 22.1 Å². The third kappa shape index (κ3) is 6.17. The van der Waals surface area contributed by atoms with Gasteiger partial charge < -0.3 is 15.4 Å². The van der Waals surface area contributed by atoms with Crippen LogP contribution in [0.5, 0.6) is 5.75 Å². The monoisotopic (exact) mass is 441 g/mol. The molecule has 0 aliphatic carbocycles. The Kier molecular flexibility index (Phi) is 7.21. The molecule has 3 rings (SSSR count). The number of aromatic nitrogens is 1. The predicted molar refractivity (Wildman–Crippen MR) is 121 cm³/mol. The van der Waals surface area contributed by atoms with E-state index in [1.54, 1.807) is 35.6 Å². The standard InChI is InChI=1S/C22H20ClN3O3S/c1-14(27)24-19-9-8-17(23)11-20(19)26-22(28)10-7-16-5-3-4-6-21(16)29-12-18-13-30-15(2)25-18/h3-11,13H,12H2,1-2H3,(H,24,27)(H,26,28). The Morgan fingerprint density at radius 3 is 2.70 bits per heavy atom. The minimum atomic E-state index is -0.367. The highest BCUT2D eigenvalue weighted by atomic mass is 35.5. The minimum absolute atomic E-state index is 0.246. The molecule has 8 heteroatoms. The van der Waals surface area contributed by atoms with Gasteiger partial charge in [0.25, 0.3) is 0 Å². The third-order valence-corrected chi connectivity index (χ3v) is 4.98. The molecule has 0 aliphatic rings. The Morgan fingerprint density at radius 1 is 1.17 bits per heavy atom. The highest BCUT2D eigenvalue weighted by Gasteiger charge is 2.08. The molecule has 0 spiro atoms. The summed E-state index contributed by atoms with van der Waals surface area (Å²) in [5.41, 5.74) is 2.50. The van der Waals surface area contributed by atoms with Crippen LogP contribution in [0.2, 0.25) is 5.02 Å². The predicted octanol–water partition coefficient (Wildman–Crippen LogP) is 5.29. The zero-order chi connectivity index (χ0) is 21.5. The quantitative estimate of drug-likeness (QED) is 0.488. The van der Waals surface area contributed by atoms with Crippen LogP contribution in [0.4, 0.5) is 11.4 Å². The number of carbonyl (C=O) groups is 2. The van der Waals surface area contributed by atoms with Crippen molar-refractivity contribution in [1.82, 2.24) is 4.98 Å². The number of anilines is 2. The fourth-order valence-corrected chi connectivity index (χ4v) is 3.40. The number of thiazole rings is 1. The molecule has 1 aromatic heterocycles. The Labute approximate surface area is 183 Å². The average Bonchev–Trinajstić information content (AvgIpc) is 3.12. The highest BCUT2D eigenvalue weighted by Crippen LogP contribution is 2.26. The lowest BCUT2D eigenvalue weighted by molar-refractivity contribution is -0.114. The van der Waals surface area contributed by atoms with Gasteiger partial charge in [-0.05, 0) is 37.3 Å². The van der Waals surface area contributed by atoms with Crippen LogP contribution < -0.4 is 15.4 Å². The van der Waals surface area contributed by atoms with Crippen molar-refractivity contribution in [1.29, 1.82) is 0 Å². The molecule has 3 aromatic rings. The number of nitrogens with one attached hydrogen (secondary N) is 2. The first-order valence-corrected chi connectivity index (χ1v) is 10.4. The minimum Gasteiger partial charge on any atom is -0.487 e. The Morgan fingerprint density at radius 2 is 1.97 bits per heavy atom. The summed E-state index contributed by atoms with van der Waals surface area (Å²) in [5, 5.41) is 8.78. The van der Waals surface area contributed by atoms with Crippen molar-refractivity contribution in [3.63, 3.8) is 0 Å². The Balaban J connectivity index is 1.69. The van der Waals surface area contributed by atoms with Gasteiger partial charge in [0.1, 0.15) is 12.4 Å². The number of nitrogens with zero attached hydrogens (tertiary/aromatic N) is 1. The first-order chi connectivity index (χ1) is 14.4. The van der Waals surface area contributed by atoms with Crippen molar-refractivity contribution >= 4 is 52.2 Å². The summed E-state index contributed by atoms with van der Waals surface area (Å²) in [7, 11) is 0. The lowest BCUT2D eigenvalue weighted by atomic mass is 10.2.